The number of rotatable bonds is 2. The second-order valence-electron chi connectivity index (χ2n) is 4.35. The summed E-state index contributed by atoms with van der Waals surface area (Å²) in [6.45, 7) is 0. The first-order valence-electron chi connectivity index (χ1n) is 5.89. The highest BCUT2D eigenvalue weighted by molar-refractivity contribution is 14.1. The van der Waals surface area contributed by atoms with Crippen molar-refractivity contribution < 1.29 is 4.39 Å². The van der Waals surface area contributed by atoms with E-state index in [-0.39, 0.29) is 11.7 Å². The molecule has 2 aromatic carbocycles. The molecule has 0 fully saturated rings. The van der Waals surface area contributed by atoms with Gasteiger partial charge in [-0.2, -0.15) is 0 Å². The van der Waals surface area contributed by atoms with Gasteiger partial charge in [-0.3, -0.25) is 4.57 Å². The van der Waals surface area contributed by atoms with Crippen LogP contribution in [0.4, 0.5) is 4.39 Å². The van der Waals surface area contributed by atoms with Gasteiger partial charge in [-0.25, -0.2) is 9.37 Å². The molecule has 0 unspecified atom stereocenters. The molecule has 1 heterocycles. The van der Waals surface area contributed by atoms with E-state index in [1.54, 1.807) is 6.07 Å². The molecule has 2 nitrogen and oxygen atoms in total. The molecule has 0 aliphatic carbocycles. The number of imidazole rings is 1. The minimum absolute atomic E-state index is 0.242. The van der Waals surface area contributed by atoms with E-state index in [0.29, 0.717) is 14.9 Å². The fourth-order valence-electron chi connectivity index (χ4n) is 2.14. The molecule has 1 aromatic heterocycles. The Hall–Kier alpha value is -0.180. The number of alkyl halides is 1. The summed E-state index contributed by atoms with van der Waals surface area (Å²) in [5.41, 5.74) is 2.29. The third-order valence-corrected chi connectivity index (χ3v) is 5.26. The van der Waals surface area contributed by atoms with Crippen molar-refractivity contribution in [1.82, 2.24) is 9.55 Å². The van der Waals surface area contributed by atoms with Crippen LogP contribution >= 0.6 is 66.1 Å². The van der Waals surface area contributed by atoms with E-state index in [9.17, 15) is 4.39 Å². The van der Waals surface area contributed by atoms with Crippen LogP contribution in [0.1, 0.15) is 5.82 Å². The van der Waals surface area contributed by atoms with Gasteiger partial charge in [-0.15, -0.1) is 11.6 Å². The van der Waals surface area contributed by atoms with Gasteiger partial charge in [0.05, 0.1) is 26.2 Å². The van der Waals surface area contributed by atoms with Crippen LogP contribution in [0.3, 0.4) is 0 Å². The van der Waals surface area contributed by atoms with Gasteiger partial charge in [0, 0.05) is 15.0 Å². The molecule has 0 saturated heterocycles. The molecule has 3 aromatic rings. The standard InChI is InChI=1S/C14H7Br2ClFIN2/c15-7-1-2-8(16)12(3-7)21-13-4-9(18)10(19)5-11(13)20-14(21)6-17/h1-5H,6H2. The zero-order valence-electron chi connectivity index (χ0n) is 10.4. The molecule has 108 valence electrons. The number of aromatic nitrogens is 2. The van der Waals surface area contributed by atoms with Gasteiger partial charge in [0.15, 0.2) is 0 Å². The third kappa shape index (κ3) is 2.87. The van der Waals surface area contributed by atoms with Gasteiger partial charge < -0.3 is 0 Å². The van der Waals surface area contributed by atoms with E-state index in [4.69, 9.17) is 11.6 Å². The molecule has 0 N–H and O–H groups in total. The second-order valence-corrected chi connectivity index (χ2v) is 7.55. The predicted octanol–water partition coefficient (Wildman–Crippen LogP) is 6.03. The molecule has 0 amide bonds. The highest BCUT2D eigenvalue weighted by atomic mass is 127. The minimum atomic E-state index is -0.267. The summed E-state index contributed by atoms with van der Waals surface area (Å²) in [5, 5.41) is 0. The zero-order chi connectivity index (χ0) is 15.1. The Morgan fingerprint density at radius 2 is 2.00 bits per heavy atom. The first-order valence-corrected chi connectivity index (χ1v) is 9.09. The molecule has 0 saturated carbocycles. The highest BCUT2D eigenvalue weighted by Gasteiger charge is 2.16. The van der Waals surface area contributed by atoms with Crippen LogP contribution in [-0.4, -0.2) is 9.55 Å². The Bertz CT molecular complexity index is 851. The molecule has 0 aliphatic heterocycles. The summed E-state index contributed by atoms with van der Waals surface area (Å²) in [7, 11) is 0. The summed E-state index contributed by atoms with van der Waals surface area (Å²) in [6.07, 6.45) is 0. The number of benzene rings is 2. The van der Waals surface area contributed by atoms with E-state index in [2.05, 4.69) is 36.8 Å². The maximum absolute atomic E-state index is 13.9. The number of fused-ring (bicyclic) bond motifs is 1. The quantitative estimate of drug-likeness (QED) is 0.285. The van der Waals surface area contributed by atoms with Crippen LogP contribution in [0.5, 0.6) is 0 Å². The summed E-state index contributed by atoms with van der Waals surface area (Å²) >= 11 is 15.0. The molecule has 0 bridgehead atoms. The van der Waals surface area contributed by atoms with Gasteiger partial charge in [-0.05, 0) is 62.8 Å². The van der Waals surface area contributed by atoms with Crippen molar-refractivity contribution >= 4 is 77.1 Å². The van der Waals surface area contributed by atoms with Crippen LogP contribution in [0.2, 0.25) is 0 Å². The van der Waals surface area contributed by atoms with E-state index >= 15 is 0 Å². The molecular formula is C14H7Br2ClFIN2. The number of hydrogen-bond acceptors (Lipinski definition) is 1. The molecule has 7 heteroatoms. The first-order chi connectivity index (χ1) is 10.0. The van der Waals surface area contributed by atoms with Gasteiger partial charge in [0.2, 0.25) is 0 Å². The van der Waals surface area contributed by atoms with Crippen molar-refractivity contribution in [3.8, 4) is 5.69 Å². The molecule has 21 heavy (non-hydrogen) atoms. The SMILES string of the molecule is Fc1cc2c(cc1I)nc(CCl)n2-c1cc(Br)ccc1Br. The summed E-state index contributed by atoms with van der Waals surface area (Å²) in [6, 6.07) is 9.01. The van der Waals surface area contributed by atoms with Crippen LogP contribution in [-0.2, 0) is 5.88 Å². The fraction of sp³-hybridized carbons (Fsp3) is 0.0714. The molecule has 0 atom stereocenters. The van der Waals surface area contributed by atoms with Gasteiger partial charge in [0.25, 0.3) is 0 Å². The Kier molecular flexibility index (Phi) is 4.59. The van der Waals surface area contributed by atoms with Crippen molar-refractivity contribution in [3.63, 3.8) is 0 Å². The lowest BCUT2D eigenvalue weighted by molar-refractivity contribution is 0.622. The maximum atomic E-state index is 13.9. The molecular weight excluding hydrogens is 537 g/mol. The van der Waals surface area contributed by atoms with E-state index in [1.165, 1.54) is 6.07 Å². The van der Waals surface area contributed by atoms with Gasteiger partial charge >= 0.3 is 0 Å². The smallest absolute Gasteiger partial charge is 0.138 e. The summed E-state index contributed by atoms with van der Waals surface area (Å²) < 4.78 is 18.2. The van der Waals surface area contributed by atoms with Gasteiger partial charge in [0.1, 0.15) is 11.6 Å². The molecule has 0 radical (unpaired) electrons. The van der Waals surface area contributed by atoms with Crippen LogP contribution in [0, 0.1) is 9.39 Å². The second kappa shape index (κ2) is 6.14. The van der Waals surface area contributed by atoms with Crippen molar-refractivity contribution in [2.45, 2.75) is 5.88 Å². The predicted molar refractivity (Wildman–Crippen MR) is 98.7 cm³/mol. The van der Waals surface area contributed by atoms with E-state index < -0.39 is 0 Å². The Morgan fingerprint density at radius 3 is 2.71 bits per heavy atom. The lowest BCUT2D eigenvalue weighted by Crippen LogP contribution is -2.00. The fourth-order valence-corrected chi connectivity index (χ4v) is 3.54. The van der Waals surface area contributed by atoms with Crippen LogP contribution in [0.15, 0.2) is 39.3 Å². The summed E-state index contributed by atoms with van der Waals surface area (Å²) in [5.74, 6) is 0.648. The number of hydrogen-bond donors (Lipinski definition) is 0. The Morgan fingerprint density at radius 1 is 1.24 bits per heavy atom. The monoisotopic (exact) mass is 542 g/mol. The van der Waals surface area contributed by atoms with E-state index in [0.717, 1.165) is 20.1 Å². The maximum Gasteiger partial charge on any atom is 0.138 e. The normalized spacial score (nSPS) is 11.3. The Balaban J connectivity index is 2.40. The van der Waals surface area contributed by atoms with Crippen molar-refractivity contribution in [2.24, 2.45) is 0 Å². The van der Waals surface area contributed by atoms with Crippen molar-refractivity contribution in [2.75, 3.05) is 0 Å². The van der Waals surface area contributed by atoms with Crippen molar-refractivity contribution in [3.05, 3.63) is 54.5 Å². The van der Waals surface area contributed by atoms with E-state index in [1.807, 2.05) is 45.4 Å². The van der Waals surface area contributed by atoms with Gasteiger partial charge in [-0.1, -0.05) is 15.9 Å². The number of halogens is 5. The molecule has 0 aliphatic rings. The average Bonchev–Trinajstić information content (AvgIpc) is 2.79. The first kappa shape index (κ1) is 15.7. The van der Waals surface area contributed by atoms with Crippen LogP contribution in [0.25, 0.3) is 16.7 Å². The molecule has 3 rings (SSSR count). The largest absolute Gasteiger partial charge is 0.294 e. The lowest BCUT2D eigenvalue weighted by atomic mass is 10.2. The zero-order valence-corrected chi connectivity index (χ0v) is 16.5. The minimum Gasteiger partial charge on any atom is -0.294 e. The van der Waals surface area contributed by atoms with Crippen molar-refractivity contribution in [1.29, 1.82) is 0 Å². The molecule has 0 spiro atoms. The highest BCUT2D eigenvalue weighted by Crippen LogP contribution is 2.31. The third-order valence-electron chi connectivity index (χ3n) is 3.03. The Labute approximate surface area is 156 Å². The topological polar surface area (TPSA) is 17.8 Å². The lowest BCUT2D eigenvalue weighted by Gasteiger charge is -2.11. The summed E-state index contributed by atoms with van der Waals surface area (Å²) in [4.78, 5) is 4.50. The number of nitrogens with zero attached hydrogens (tertiary/aromatic N) is 2. The average molecular weight is 544 g/mol. The van der Waals surface area contributed by atoms with Crippen LogP contribution < -0.4 is 0 Å².